The predicted octanol–water partition coefficient (Wildman–Crippen LogP) is 2.33. The smallest absolute Gasteiger partial charge is 0.393 e. The first-order chi connectivity index (χ1) is 12.7. The minimum Gasteiger partial charge on any atom is -0.495 e. The van der Waals surface area contributed by atoms with E-state index < -0.39 is 23.9 Å². The Labute approximate surface area is 156 Å². The molecule has 0 spiro atoms. The van der Waals surface area contributed by atoms with Gasteiger partial charge in [-0.05, 0) is 44.0 Å². The summed E-state index contributed by atoms with van der Waals surface area (Å²) in [6, 6.07) is 5.30. The van der Waals surface area contributed by atoms with Gasteiger partial charge in [0.15, 0.2) is 0 Å². The van der Waals surface area contributed by atoms with Crippen molar-refractivity contribution >= 4 is 17.5 Å². The number of hydrogen-bond acceptors (Lipinski definition) is 4. The number of likely N-dealkylation sites (tertiary alicyclic amines) is 1. The number of benzene rings is 1. The van der Waals surface area contributed by atoms with Gasteiger partial charge in [-0.25, -0.2) is 0 Å². The number of ether oxygens (including phenoxy) is 1. The van der Waals surface area contributed by atoms with Gasteiger partial charge in [0.2, 0.25) is 11.8 Å². The summed E-state index contributed by atoms with van der Waals surface area (Å²) in [6.07, 6.45) is -3.77. The topological polar surface area (TPSA) is 70.7 Å². The highest BCUT2D eigenvalue weighted by molar-refractivity contribution is 5.96. The maximum atomic E-state index is 12.8. The summed E-state index contributed by atoms with van der Waals surface area (Å²) in [6.45, 7) is 1.68. The maximum Gasteiger partial charge on any atom is 0.393 e. The van der Waals surface area contributed by atoms with E-state index in [0.29, 0.717) is 24.4 Å². The molecule has 1 atom stereocenters. The molecule has 9 heteroatoms. The lowest BCUT2D eigenvalue weighted by molar-refractivity contribution is -0.187. The van der Waals surface area contributed by atoms with Crippen molar-refractivity contribution in [3.8, 4) is 5.75 Å². The lowest BCUT2D eigenvalue weighted by Gasteiger charge is -2.33. The summed E-state index contributed by atoms with van der Waals surface area (Å²) in [5, 5.41) is 5.09. The highest BCUT2D eigenvalue weighted by atomic mass is 19.4. The van der Waals surface area contributed by atoms with Crippen LogP contribution < -0.4 is 15.4 Å². The molecule has 0 radical (unpaired) electrons. The Kier molecular flexibility index (Phi) is 7.06. The van der Waals surface area contributed by atoms with Crippen LogP contribution in [0, 0.1) is 12.8 Å². The van der Waals surface area contributed by atoms with E-state index in [0.717, 1.165) is 5.56 Å². The number of aryl methyl sites for hydroxylation is 1. The first-order valence-corrected chi connectivity index (χ1v) is 8.69. The second-order valence-corrected chi connectivity index (χ2v) is 6.64. The molecule has 0 saturated carbocycles. The fourth-order valence-corrected chi connectivity index (χ4v) is 3.02. The molecule has 2 N–H and O–H groups in total. The second kappa shape index (κ2) is 9.07. The standard InChI is InChI=1S/C18H24F3N3O3/c1-12-5-6-15(27-2)14(8-12)23-16(25)9-22-17(26)11-24-7-3-4-13(10-24)18(19,20)21/h5-6,8,13H,3-4,7,9-11H2,1-2H3,(H,22,26)(H,23,25)/t13-/m0/s1. The van der Waals surface area contributed by atoms with Crippen LogP contribution in [0.3, 0.4) is 0 Å². The Balaban J connectivity index is 1.80. The number of amides is 2. The van der Waals surface area contributed by atoms with Crippen molar-refractivity contribution in [3.05, 3.63) is 23.8 Å². The Morgan fingerprint density at radius 3 is 2.70 bits per heavy atom. The van der Waals surface area contributed by atoms with Crippen molar-refractivity contribution in [1.29, 1.82) is 0 Å². The van der Waals surface area contributed by atoms with Gasteiger partial charge in [-0.15, -0.1) is 0 Å². The number of methoxy groups -OCH3 is 1. The zero-order valence-electron chi connectivity index (χ0n) is 15.4. The first kappa shape index (κ1) is 21.0. The maximum absolute atomic E-state index is 12.8. The van der Waals surface area contributed by atoms with Crippen LogP contribution >= 0.6 is 0 Å². The summed E-state index contributed by atoms with van der Waals surface area (Å²) in [4.78, 5) is 25.5. The minimum atomic E-state index is -4.25. The van der Waals surface area contributed by atoms with E-state index in [4.69, 9.17) is 4.74 Å². The number of nitrogens with one attached hydrogen (secondary N) is 2. The molecular formula is C18H24F3N3O3. The van der Waals surface area contributed by atoms with Gasteiger partial charge in [-0.3, -0.25) is 14.5 Å². The molecular weight excluding hydrogens is 363 g/mol. The molecule has 2 rings (SSSR count). The van der Waals surface area contributed by atoms with Crippen LogP contribution in [0.2, 0.25) is 0 Å². The van der Waals surface area contributed by atoms with Crippen molar-refractivity contribution < 1.29 is 27.5 Å². The Morgan fingerprint density at radius 2 is 2.04 bits per heavy atom. The largest absolute Gasteiger partial charge is 0.495 e. The van der Waals surface area contributed by atoms with Gasteiger partial charge in [0.05, 0.1) is 31.8 Å². The number of halogens is 3. The number of piperidine rings is 1. The summed E-state index contributed by atoms with van der Waals surface area (Å²) < 4.78 is 43.6. The van der Waals surface area contributed by atoms with E-state index in [1.54, 1.807) is 12.1 Å². The molecule has 150 valence electrons. The molecule has 6 nitrogen and oxygen atoms in total. The molecule has 1 aliphatic rings. The number of carbonyl (C=O) groups excluding carboxylic acids is 2. The van der Waals surface area contributed by atoms with E-state index >= 15 is 0 Å². The third-order valence-corrected chi connectivity index (χ3v) is 4.41. The quantitative estimate of drug-likeness (QED) is 0.786. The number of hydrogen-bond donors (Lipinski definition) is 2. The fourth-order valence-electron chi connectivity index (χ4n) is 3.02. The average Bonchev–Trinajstić information content (AvgIpc) is 2.60. The SMILES string of the molecule is COc1ccc(C)cc1NC(=O)CNC(=O)CN1CCC[C@H](C(F)(F)F)C1. The Morgan fingerprint density at radius 1 is 1.30 bits per heavy atom. The number of carbonyl (C=O) groups is 2. The molecule has 0 aliphatic carbocycles. The first-order valence-electron chi connectivity index (χ1n) is 8.69. The van der Waals surface area contributed by atoms with Gasteiger partial charge >= 0.3 is 6.18 Å². The molecule has 0 unspecified atom stereocenters. The summed E-state index contributed by atoms with van der Waals surface area (Å²) >= 11 is 0. The lowest BCUT2D eigenvalue weighted by atomic mass is 9.97. The predicted molar refractivity (Wildman–Crippen MR) is 94.6 cm³/mol. The van der Waals surface area contributed by atoms with E-state index in [9.17, 15) is 22.8 Å². The van der Waals surface area contributed by atoms with Gasteiger partial charge in [0, 0.05) is 6.54 Å². The van der Waals surface area contributed by atoms with E-state index in [2.05, 4.69) is 10.6 Å². The zero-order valence-corrected chi connectivity index (χ0v) is 15.4. The van der Waals surface area contributed by atoms with Gasteiger partial charge < -0.3 is 15.4 Å². The van der Waals surface area contributed by atoms with E-state index in [1.807, 2.05) is 13.0 Å². The number of nitrogens with zero attached hydrogens (tertiary/aromatic N) is 1. The van der Waals surface area contributed by atoms with Gasteiger partial charge in [-0.2, -0.15) is 13.2 Å². The molecule has 27 heavy (non-hydrogen) atoms. The van der Waals surface area contributed by atoms with Crippen LogP contribution in [0.15, 0.2) is 18.2 Å². The average molecular weight is 387 g/mol. The minimum absolute atomic E-state index is 0.0857. The van der Waals surface area contributed by atoms with E-state index in [1.165, 1.54) is 12.0 Å². The van der Waals surface area contributed by atoms with Crippen molar-refractivity contribution in [2.45, 2.75) is 25.9 Å². The fraction of sp³-hybridized carbons (Fsp3) is 0.556. The van der Waals surface area contributed by atoms with E-state index in [-0.39, 0.29) is 26.1 Å². The second-order valence-electron chi connectivity index (χ2n) is 6.64. The van der Waals surface area contributed by atoms with Crippen LogP contribution in [0.4, 0.5) is 18.9 Å². The van der Waals surface area contributed by atoms with Gasteiger partial charge in [-0.1, -0.05) is 6.07 Å². The molecule has 1 heterocycles. The summed E-state index contributed by atoms with van der Waals surface area (Å²) in [7, 11) is 1.48. The number of alkyl halides is 3. The molecule has 0 aromatic heterocycles. The molecule has 1 fully saturated rings. The van der Waals surface area contributed by atoms with Crippen LogP contribution in [0.5, 0.6) is 5.75 Å². The van der Waals surface area contributed by atoms with Crippen molar-refractivity contribution in [2.24, 2.45) is 5.92 Å². The van der Waals surface area contributed by atoms with Gasteiger partial charge in [0.25, 0.3) is 0 Å². The third kappa shape index (κ3) is 6.42. The molecule has 1 saturated heterocycles. The Hall–Kier alpha value is -2.29. The van der Waals surface area contributed by atoms with Gasteiger partial charge in [0.1, 0.15) is 5.75 Å². The van der Waals surface area contributed by atoms with Crippen molar-refractivity contribution in [3.63, 3.8) is 0 Å². The number of anilines is 1. The monoisotopic (exact) mass is 387 g/mol. The third-order valence-electron chi connectivity index (χ3n) is 4.41. The van der Waals surface area contributed by atoms with Crippen LogP contribution in [-0.4, -0.2) is 56.2 Å². The zero-order chi connectivity index (χ0) is 20.0. The highest BCUT2D eigenvalue weighted by Crippen LogP contribution is 2.32. The molecule has 1 aliphatic heterocycles. The highest BCUT2D eigenvalue weighted by Gasteiger charge is 2.41. The normalized spacial score (nSPS) is 18.0. The molecule has 2 amide bonds. The number of rotatable bonds is 6. The molecule has 1 aromatic carbocycles. The summed E-state index contributed by atoms with van der Waals surface area (Å²) in [5.74, 6) is -1.84. The van der Waals surface area contributed by atoms with Crippen molar-refractivity contribution in [2.75, 3.05) is 38.6 Å². The lowest BCUT2D eigenvalue weighted by Crippen LogP contribution is -2.46. The van der Waals surface area contributed by atoms with Crippen LogP contribution in [0.25, 0.3) is 0 Å². The van der Waals surface area contributed by atoms with Crippen LogP contribution in [0.1, 0.15) is 18.4 Å². The van der Waals surface area contributed by atoms with Crippen LogP contribution in [-0.2, 0) is 9.59 Å². The Bertz CT molecular complexity index is 680. The summed E-state index contributed by atoms with van der Waals surface area (Å²) in [5.41, 5.74) is 1.42. The molecule has 0 bridgehead atoms. The molecule has 1 aromatic rings. The van der Waals surface area contributed by atoms with Crippen molar-refractivity contribution in [1.82, 2.24) is 10.2 Å².